The molecule has 1 saturated heterocycles. The molecule has 0 aromatic rings. The molecular formula is C12H19NO4. The van der Waals surface area contributed by atoms with E-state index in [4.69, 9.17) is 9.47 Å². The molecule has 1 heterocycles. The molecule has 96 valence electrons. The highest BCUT2D eigenvalue weighted by Crippen LogP contribution is 2.65. The van der Waals surface area contributed by atoms with E-state index in [1.54, 1.807) is 20.8 Å². The molecule has 2 rings (SSSR count). The van der Waals surface area contributed by atoms with Crippen molar-refractivity contribution in [3.8, 4) is 0 Å². The maximum Gasteiger partial charge on any atom is 0.408 e. The number of cyclic esters (lactones) is 1. The molecule has 1 aliphatic carbocycles. The van der Waals surface area contributed by atoms with Crippen LogP contribution in [0.2, 0.25) is 0 Å². The van der Waals surface area contributed by atoms with Gasteiger partial charge in [0.1, 0.15) is 5.60 Å². The van der Waals surface area contributed by atoms with Crippen molar-refractivity contribution in [2.24, 2.45) is 11.3 Å². The number of fused-ring (bicyclic) bond motifs is 1. The van der Waals surface area contributed by atoms with Crippen LogP contribution in [0.25, 0.3) is 0 Å². The third kappa shape index (κ3) is 1.59. The van der Waals surface area contributed by atoms with Crippen LogP contribution in [0, 0.1) is 11.3 Å². The van der Waals surface area contributed by atoms with Gasteiger partial charge in [-0.05, 0) is 20.8 Å². The summed E-state index contributed by atoms with van der Waals surface area (Å²) in [6.07, 6.45) is -0.563. The Morgan fingerprint density at radius 1 is 1.47 bits per heavy atom. The van der Waals surface area contributed by atoms with E-state index in [9.17, 15) is 9.59 Å². The van der Waals surface area contributed by atoms with Gasteiger partial charge in [0.2, 0.25) is 0 Å². The van der Waals surface area contributed by atoms with Crippen molar-refractivity contribution in [3.63, 3.8) is 0 Å². The molecule has 5 nitrogen and oxygen atoms in total. The van der Waals surface area contributed by atoms with E-state index in [-0.39, 0.29) is 17.3 Å². The summed E-state index contributed by atoms with van der Waals surface area (Å²) in [6.45, 7) is 9.64. The second-order valence-corrected chi connectivity index (χ2v) is 6.31. The molecule has 1 aliphatic heterocycles. The van der Waals surface area contributed by atoms with E-state index in [0.29, 0.717) is 6.61 Å². The third-order valence-electron chi connectivity index (χ3n) is 3.73. The fourth-order valence-electron chi connectivity index (χ4n) is 2.65. The lowest BCUT2D eigenvalue weighted by Crippen LogP contribution is -2.48. The first-order valence-corrected chi connectivity index (χ1v) is 5.79. The predicted octanol–water partition coefficient (Wildman–Crippen LogP) is 1.46. The van der Waals surface area contributed by atoms with Gasteiger partial charge in [0.15, 0.2) is 5.54 Å². The Bertz CT molecular complexity index is 382. The zero-order valence-corrected chi connectivity index (χ0v) is 10.9. The quantitative estimate of drug-likeness (QED) is 0.706. The summed E-state index contributed by atoms with van der Waals surface area (Å²) in [7, 11) is 0. The van der Waals surface area contributed by atoms with Crippen molar-refractivity contribution in [2.75, 3.05) is 6.61 Å². The second kappa shape index (κ2) is 3.15. The highest BCUT2D eigenvalue weighted by atomic mass is 16.6. The van der Waals surface area contributed by atoms with Gasteiger partial charge >= 0.3 is 12.1 Å². The first-order valence-electron chi connectivity index (χ1n) is 5.79. The maximum absolute atomic E-state index is 11.8. The summed E-state index contributed by atoms with van der Waals surface area (Å²) in [5, 5.41) is 2.69. The summed E-state index contributed by atoms with van der Waals surface area (Å²) < 4.78 is 10.2. The molecule has 17 heavy (non-hydrogen) atoms. The fourth-order valence-corrected chi connectivity index (χ4v) is 2.65. The van der Waals surface area contributed by atoms with E-state index in [1.807, 2.05) is 13.8 Å². The number of amides is 1. The van der Waals surface area contributed by atoms with Crippen LogP contribution < -0.4 is 5.32 Å². The first kappa shape index (κ1) is 12.2. The molecule has 0 aromatic heterocycles. The number of alkyl carbamates (subject to hydrolysis) is 1. The molecule has 2 aliphatic rings. The molecule has 0 bridgehead atoms. The van der Waals surface area contributed by atoms with Crippen LogP contribution in [-0.4, -0.2) is 29.8 Å². The average molecular weight is 241 g/mol. The first-order chi connectivity index (χ1) is 7.61. The number of carbonyl (C=O) groups is 2. The molecule has 0 unspecified atom stereocenters. The molecule has 0 spiro atoms. The van der Waals surface area contributed by atoms with Crippen LogP contribution in [0.1, 0.15) is 34.6 Å². The van der Waals surface area contributed by atoms with E-state index < -0.39 is 17.2 Å². The van der Waals surface area contributed by atoms with Crippen LogP contribution >= 0.6 is 0 Å². The van der Waals surface area contributed by atoms with Crippen molar-refractivity contribution < 1.29 is 19.1 Å². The number of rotatable bonds is 1. The highest BCUT2D eigenvalue weighted by molar-refractivity contribution is 5.93. The number of carbonyl (C=O) groups excluding carboxylic acids is 2. The van der Waals surface area contributed by atoms with Crippen molar-refractivity contribution in [1.82, 2.24) is 5.32 Å². The number of ether oxygens (including phenoxy) is 2. The van der Waals surface area contributed by atoms with E-state index in [0.717, 1.165) is 0 Å². The topological polar surface area (TPSA) is 64.6 Å². The zero-order valence-electron chi connectivity index (χ0n) is 10.9. The monoisotopic (exact) mass is 241 g/mol. The van der Waals surface area contributed by atoms with Gasteiger partial charge < -0.3 is 14.8 Å². The van der Waals surface area contributed by atoms with Crippen molar-refractivity contribution in [1.29, 1.82) is 0 Å². The fraction of sp³-hybridized carbons (Fsp3) is 0.833. The smallest absolute Gasteiger partial charge is 0.408 e. The minimum atomic E-state index is -0.880. The number of nitrogens with one attached hydrogen (secondary N) is 1. The van der Waals surface area contributed by atoms with Gasteiger partial charge in [-0.25, -0.2) is 9.59 Å². The SMILES string of the molecule is CC(C)(C)OC(=O)N[C@]12C(=O)OC[C@H]1C2(C)C. The Morgan fingerprint density at radius 3 is 2.47 bits per heavy atom. The van der Waals surface area contributed by atoms with Crippen molar-refractivity contribution in [2.45, 2.75) is 45.8 Å². The normalized spacial score (nSPS) is 33.7. The van der Waals surface area contributed by atoms with Crippen molar-refractivity contribution in [3.05, 3.63) is 0 Å². The minimum Gasteiger partial charge on any atom is -0.463 e. The molecular weight excluding hydrogens is 222 g/mol. The van der Waals surface area contributed by atoms with Gasteiger partial charge in [0.05, 0.1) is 6.61 Å². The Kier molecular flexibility index (Phi) is 2.26. The van der Waals surface area contributed by atoms with Crippen LogP contribution in [0.15, 0.2) is 0 Å². The van der Waals surface area contributed by atoms with Gasteiger partial charge in [-0.1, -0.05) is 13.8 Å². The molecule has 1 N–H and O–H groups in total. The van der Waals surface area contributed by atoms with Crippen LogP contribution in [0.3, 0.4) is 0 Å². The van der Waals surface area contributed by atoms with Crippen molar-refractivity contribution >= 4 is 12.1 Å². The Balaban J connectivity index is 2.09. The molecule has 2 fully saturated rings. The summed E-state index contributed by atoms with van der Waals surface area (Å²) in [5.41, 5.74) is -1.70. The molecule has 5 heteroatoms. The number of hydrogen-bond acceptors (Lipinski definition) is 4. The van der Waals surface area contributed by atoms with E-state index in [2.05, 4.69) is 5.32 Å². The predicted molar refractivity (Wildman–Crippen MR) is 60.3 cm³/mol. The Morgan fingerprint density at radius 2 is 2.06 bits per heavy atom. The lowest BCUT2D eigenvalue weighted by molar-refractivity contribution is -0.144. The van der Waals surface area contributed by atoms with E-state index >= 15 is 0 Å². The summed E-state index contributed by atoms with van der Waals surface area (Å²) in [4.78, 5) is 23.5. The lowest BCUT2D eigenvalue weighted by Gasteiger charge is -2.23. The van der Waals surface area contributed by atoms with Gasteiger partial charge in [-0.2, -0.15) is 0 Å². The number of esters is 1. The van der Waals surface area contributed by atoms with Gasteiger partial charge in [-0.15, -0.1) is 0 Å². The molecule has 1 saturated carbocycles. The largest absolute Gasteiger partial charge is 0.463 e. The van der Waals surface area contributed by atoms with Gasteiger partial charge in [0, 0.05) is 11.3 Å². The lowest BCUT2D eigenvalue weighted by atomic mass is 10.0. The molecule has 2 atom stereocenters. The van der Waals surface area contributed by atoms with Crippen LogP contribution in [0.5, 0.6) is 0 Å². The average Bonchev–Trinajstić information content (AvgIpc) is 2.43. The van der Waals surface area contributed by atoms with Crippen LogP contribution in [-0.2, 0) is 14.3 Å². The highest BCUT2D eigenvalue weighted by Gasteiger charge is 2.81. The Hall–Kier alpha value is -1.26. The summed E-state index contributed by atoms with van der Waals surface area (Å²) in [5.74, 6) is -0.298. The third-order valence-corrected chi connectivity index (χ3v) is 3.73. The number of hydrogen-bond donors (Lipinski definition) is 1. The molecule has 0 radical (unpaired) electrons. The summed E-state index contributed by atoms with van der Waals surface area (Å²) in [6, 6.07) is 0. The zero-order chi connectivity index (χ0) is 13.1. The minimum absolute atomic E-state index is 0.0509. The molecule has 0 aromatic carbocycles. The maximum atomic E-state index is 11.8. The van der Waals surface area contributed by atoms with Gasteiger partial charge in [-0.3, -0.25) is 0 Å². The van der Waals surface area contributed by atoms with E-state index in [1.165, 1.54) is 0 Å². The van der Waals surface area contributed by atoms with Gasteiger partial charge in [0.25, 0.3) is 0 Å². The summed E-state index contributed by atoms with van der Waals surface area (Å²) >= 11 is 0. The standard InChI is InChI=1S/C12H19NO4/c1-10(2,3)17-9(15)13-12-7(11(12,4)5)6-16-8(12)14/h7H,6H2,1-5H3,(H,13,15)/t7-,12-/m0/s1. The second-order valence-electron chi connectivity index (χ2n) is 6.31. The molecule has 1 amide bonds. The Labute approximate surface area is 101 Å². The van der Waals surface area contributed by atoms with Crippen LogP contribution in [0.4, 0.5) is 4.79 Å².